The largest absolute Gasteiger partial charge is 0.481 e. The Labute approximate surface area is 112 Å². The average Bonchev–Trinajstić information content (AvgIpc) is 2.57. The van der Waals surface area contributed by atoms with Gasteiger partial charge in [0.15, 0.2) is 0 Å². The van der Waals surface area contributed by atoms with E-state index in [0.29, 0.717) is 6.42 Å². The smallest absolute Gasteiger partial charge is 0.310 e. The fourth-order valence-electron chi connectivity index (χ4n) is 4.49. The van der Waals surface area contributed by atoms with Crippen LogP contribution in [-0.4, -0.2) is 32.9 Å². The molecule has 2 aliphatic carbocycles. The van der Waals surface area contributed by atoms with E-state index in [9.17, 15) is 19.8 Å². The van der Waals surface area contributed by atoms with E-state index in [1.54, 1.807) is 0 Å². The lowest BCUT2D eigenvalue weighted by atomic mass is 9.60. The minimum absolute atomic E-state index is 0.159. The average molecular weight is 270 g/mol. The number of carbonyl (C=O) groups is 2. The van der Waals surface area contributed by atoms with Gasteiger partial charge in [0.1, 0.15) is 0 Å². The molecule has 0 aliphatic heterocycles. The Balaban J connectivity index is 2.43. The summed E-state index contributed by atoms with van der Waals surface area (Å²) in [6.45, 7) is 6.03. The minimum Gasteiger partial charge on any atom is -0.481 e. The summed E-state index contributed by atoms with van der Waals surface area (Å²) in [4.78, 5) is 22.3. The molecule has 2 fully saturated rings. The highest BCUT2D eigenvalue weighted by Crippen LogP contribution is 2.71. The molecule has 0 spiro atoms. The van der Waals surface area contributed by atoms with Crippen molar-refractivity contribution in [2.75, 3.05) is 0 Å². The summed E-state index contributed by atoms with van der Waals surface area (Å²) in [6.07, 6.45) is 1.60. The SMILES string of the molecule is CC1(C)C2CCC1(C)C(O)(C(CC(=O)O)C(=O)O)C2. The third kappa shape index (κ3) is 1.64. The van der Waals surface area contributed by atoms with Crippen LogP contribution in [-0.2, 0) is 9.59 Å². The maximum atomic E-state index is 11.4. The lowest BCUT2D eigenvalue weighted by Crippen LogP contribution is -2.55. The monoisotopic (exact) mass is 270 g/mol. The zero-order valence-corrected chi connectivity index (χ0v) is 11.6. The molecule has 108 valence electrons. The second kappa shape index (κ2) is 3.95. The van der Waals surface area contributed by atoms with Crippen molar-refractivity contribution in [3.8, 4) is 0 Å². The van der Waals surface area contributed by atoms with Crippen LogP contribution >= 0.6 is 0 Å². The zero-order chi connectivity index (χ0) is 14.6. The van der Waals surface area contributed by atoms with Crippen LogP contribution in [0.25, 0.3) is 0 Å². The molecule has 0 saturated heterocycles. The van der Waals surface area contributed by atoms with Gasteiger partial charge in [-0.2, -0.15) is 0 Å². The van der Waals surface area contributed by atoms with Gasteiger partial charge >= 0.3 is 11.9 Å². The summed E-state index contributed by atoms with van der Waals surface area (Å²) < 4.78 is 0. The van der Waals surface area contributed by atoms with Gasteiger partial charge in [-0.25, -0.2) is 0 Å². The predicted molar refractivity (Wildman–Crippen MR) is 67.6 cm³/mol. The van der Waals surface area contributed by atoms with Crippen molar-refractivity contribution in [2.45, 2.75) is 52.1 Å². The summed E-state index contributed by atoms with van der Waals surface area (Å²) >= 11 is 0. The van der Waals surface area contributed by atoms with Gasteiger partial charge in [0.05, 0.1) is 17.9 Å². The number of aliphatic carboxylic acids is 2. The summed E-state index contributed by atoms with van der Waals surface area (Å²) in [7, 11) is 0. The van der Waals surface area contributed by atoms with Crippen LogP contribution in [0.3, 0.4) is 0 Å². The maximum Gasteiger partial charge on any atom is 0.310 e. The van der Waals surface area contributed by atoms with Crippen LogP contribution in [0.2, 0.25) is 0 Å². The first-order valence-corrected chi connectivity index (χ1v) is 6.73. The molecule has 0 heterocycles. The van der Waals surface area contributed by atoms with Crippen molar-refractivity contribution >= 4 is 11.9 Å². The molecule has 0 aromatic rings. The molecule has 0 amide bonds. The number of carboxylic acids is 2. The first kappa shape index (κ1) is 14.3. The van der Waals surface area contributed by atoms with Gasteiger partial charge in [0.25, 0.3) is 0 Å². The minimum atomic E-state index is -1.43. The van der Waals surface area contributed by atoms with Crippen LogP contribution in [0.1, 0.15) is 46.5 Å². The standard InChI is InChI=1S/C14H22O5/c1-12(2)8-4-5-13(12,3)14(19,7-8)9(11(17)18)6-10(15)16/h8-9,19H,4-7H2,1-3H3,(H,15,16)(H,17,18). The summed E-state index contributed by atoms with van der Waals surface area (Å²) in [5.74, 6) is -3.36. The molecule has 5 nitrogen and oxygen atoms in total. The molecule has 0 aromatic carbocycles. The summed E-state index contributed by atoms with van der Waals surface area (Å²) in [5.41, 5.74) is -2.12. The van der Waals surface area contributed by atoms with E-state index < -0.39 is 35.3 Å². The Bertz CT molecular complexity index is 430. The molecule has 4 atom stereocenters. The van der Waals surface area contributed by atoms with E-state index in [0.717, 1.165) is 12.8 Å². The summed E-state index contributed by atoms with van der Waals surface area (Å²) in [6, 6.07) is 0. The van der Waals surface area contributed by atoms with E-state index in [-0.39, 0.29) is 11.3 Å². The number of hydrogen-bond acceptors (Lipinski definition) is 3. The zero-order valence-electron chi connectivity index (χ0n) is 11.6. The molecule has 3 N–H and O–H groups in total. The van der Waals surface area contributed by atoms with Crippen LogP contribution in [0.4, 0.5) is 0 Å². The van der Waals surface area contributed by atoms with Crippen molar-refractivity contribution in [1.29, 1.82) is 0 Å². The van der Waals surface area contributed by atoms with Gasteiger partial charge in [-0.3, -0.25) is 9.59 Å². The first-order valence-electron chi connectivity index (χ1n) is 6.73. The van der Waals surface area contributed by atoms with Gasteiger partial charge in [0.2, 0.25) is 0 Å². The molecule has 2 rings (SSSR count). The van der Waals surface area contributed by atoms with Gasteiger partial charge in [-0.05, 0) is 30.6 Å². The molecule has 2 bridgehead atoms. The molecule has 4 unspecified atom stereocenters. The lowest BCUT2D eigenvalue weighted by molar-refractivity contribution is -0.176. The normalized spacial score (nSPS) is 41.2. The predicted octanol–water partition coefficient (Wildman–Crippen LogP) is 1.74. The van der Waals surface area contributed by atoms with Crippen LogP contribution in [0, 0.1) is 22.7 Å². The van der Waals surface area contributed by atoms with Crippen LogP contribution in [0.5, 0.6) is 0 Å². The fourth-order valence-corrected chi connectivity index (χ4v) is 4.49. The lowest BCUT2D eigenvalue weighted by Gasteiger charge is -2.47. The Kier molecular flexibility index (Phi) is 2.97. The third-order valence-electron chi connectivity index (χ3n) is 6.20. The topological polar surface area (TPSA) is 94.8 Å². The quantitative estimate of drug-likeness (QED) is 0.723. The number of hydrogen-bond donors (Lipinski definition) is 3. The van der Waals surface area contributed by atoms with E-state index in [4.69, 9.17) is 5.11 Å². The van der Waals surface area contributed by atoms with Crippen molar-refractivity contribution in [3.05, 3.63) is 0 Å². The van der Waals surface area contributed by atoms with Crippen molar-refractivity contribution < 1.29 is 24.9 Å². The summed E-state index contributed by atoms with van der Waals surface area (Å²) in [5, 5.41) is 29.3. The molecule has 19 heavy (non-hydrogen) atoms. The molecule has 2 saturated carbocycles. The molecule has 2 aliphatic rings. The van der Waals surface area contributed by atoms with E-state index in [2.05, 4.69) is 13.8 Å². The third-order valence-corrected chi connectivity index (χ3v) is 6.20. The Morgan fingerprint density at radius 2 is 1.84 bits per heavy atom. The fraction of sp³-hybridized carbons (Fsp3) is 0.857. The first-order chi connectivity index (χ1) is 8.56. The Morgan fingerprint density at radius 1 is 1.26 bits per heavy atom. The van der Waals surface area contributed by atoms with Gasteiger partial charge in [0, 0.05) is 5.41 Å². The van der Waals surface area contributed by atoms with Gasteiger partial charge in [-0.1, -0.05) is 20.8 Å². The molecule has 5 heteroatoms. The molecular weight excluding hydrogens is 248 g/mol. The highest BCUT2D eigenvalue weighted by Gasteiger charge is 2.71. The number of carboxylic acid groups (broad SMARTS) is 2. The van der Waals surface area contributed by atoms with E-state index in [1.807, 2.05) is 6.92 Å². The van der Waals surface area contributed by atoms with E-state index >= 15 is 0 Å². The van der Waals surface area contributed by atoms with Crippen molar-refractivity contribution in [3.63, 3.8) is 0 Å². The molecule has 0 aromatic heterocycles. The number of fused-ring (bicyclic) bond motifs is 2. The Morgan fingerprint density at radius 3 is 2.16 bits per heavy atom. The van der Waals surface area contributed by atoms with Gasteiger partial charge in [-0.15, -0.1) is 0 Å². The number of aliphatic hydroxyl groups is 1. The Hall–Kier alpha value is -1.10. The van der Waals surface area contributed by atoms with Crippen molar-refractivity contribution in [2.24, 2.45) is 22.7 Å². The van der Waals surface area contributed by atoms with Crippen LogP contribution < -0.4 is 0 Å². The second-order valence-electron chi connectivity index (χ2n) is 6.91. The highest BCUT2D eigenvalue weighted by molar-refractivity contribution is 5.79. The molecular formula is C14H22O5. The van der Waals surface area contributed by atoms with Gasteiger partial charge < -0.3 is 15.3 Å². The van der Waals surface area contributed by atoms with E-state index in [1.165, 1.54) is 0 Å². The second-order valence-corrected chi connectivity index (χ2v) is 6.91. The maximum absolute atomic E-state index is 11.4. The number of rotatable bonds is 4. The molecule has 0 radical (unpaired) electrons. The van der Waals surface area contributed by atoms with Crippen molar-refractivity contribution in [1.82, 2.24) is 0 Å². The highest BCUT2D eigenvalue weighted by atomic mass is 16.4. The van der Waals surface area contributed by atoms with Crippen LogP contribution in [0.15, 0.2) is 0 Å².